The molecular formula is C19H27N3O4. The number of nitrogens with one attached hydrogen (secondary N) is 1. The Morgan fingerprint density at radius 2 is 1.50 bits per heavy atom. The molecule has 1 aromatic rings. The Bertz CT molecular complexity index is 628. The number of ether oxygens (including phenoxy) is 2. The summed E-state index contributed by atoms with van der Waals surface area (Å²) >= 11 is 0. The highest BCUT2D eigenvalue weighted by molar-refractivity contribution is 5.95. The summed E-state index contributed by atoms with van der Waals surface area (Å²) in [7, 11) is 3.13. The topological polar surface area (TPSA) is 71.1 Å². The Kier molecular flexibility index (Phi) is 5.98. The van der Waals surface area contributed by atoms with Gasteiger partial charge in [-0.2, -0.15) is 0 Å². The fourth-order valence-electron chi connectivity index (χ4n) is 3.59. The van der Waals surface area contributed by atoms with Crippen molar-refractivity contribution in [2.24, 2.45) is 5.92 Å². The average molecular weight is 361 g/mol. The van der Waals surface area contributed by atoms with Gasteiger partial charge in [0.05, 0.1) is 14.2 Å². The lowest BCUT2D eigenvalue weighted by atomic mass is 9.94. The molecule has 7 nitrogen and oxygen atoms in total. The summed E-state index contributed by atoms with van der Waals surface area (Å²) < 4.78 is 10.5. The summed E-state index contributed by atoms with van der Waals surface area (Å²) in [6.45, 7) is 4.48. The Balaban J connectivity index is 1.60. The van der Waals surface area contributed by atoms with E-state index in [0.717, 1.165) is 39.0 Å². The van der Waals surface area contributed by atoms with E-state index in [1.54, 1.807) is 32.4 Å². The summed E-state index contributed by atoms with van der Waals surface area (Å²) in [6.07, 6.45) is 1.44. The number of piperazine rings is 1. The second-order valence-corrected chi connectivity index (χ2v) is 6.74. The second-order valence-electron chi connectivity index (χ2n) is 6.74. The van der Waals surface area contributed by atoms with Crippen LogP contribution >= 0.6 is 0 Å². The molecule has 0 bridgehead atoms. The van der Waals surface area contributed by atoms with Gasteiger partial charge >= 0.3 is 0 Å². The first-order chi connectivity index (χ1) is 12.6. The average Bonchev–Trinajstić information content (AvgIpc) is 2.73. The lowest BCUT2D eigenvalue weighted by Crippen LogP contribution is -2.50. The highest BCUT2D eigenvalue weighted by Crippen LogP contribution is 2.26. The van der Waals surface area contributed by atoms with Crippen molar-refractivity contribution in [3.63, 3.8) is 0 Å². The fraction of sp³-hybridized carbons (Fsp3) is 0.579. The van der Waals surface area contributed by atoms with Crippen molar-refractivity contribution < 1.29 is 19.1 Å². The van der Waals surface area contributed by atoms with E-state index in [0.29, 0.717) is 30.2 Å². The molecule has 2 amide bonds. The van der Waals surface area contributed by atoms with Crippen LogP contribution in [0.5, 0.6) is 11.5 Å². The maximum Gasteiger partial charge on any atom is 0.254 e. The molecule has 142 valence electrons. The summed E-state index contributed by atoms with van der Waals surface area (Å²) in [5.74, 6) is 1.40. The molecule has 2 aliphatic rings. The predicted octanol–water partition coefficient (Wildman–Crippen LogP) is 0.988. The van der Waals surface area contributed by atoms with Crippen LogP contribution in [0.3, 0.4) is 0 Å². The number of methoxy groups -OCH3 is 2. The molecule has 0 aliphatic carbocycles. The highest BCUT2D eigenvalue weighted by atomic mass is 16.5. The molecule has 0 spiro atoms. The first-order valence-electron chi connectivity index (χ1n) is 9.14. The molecular weight excluding hydrogens is 334 g/mol. The molecule has 0 unspecified atom stereocenters. The van der Waals surface area contributed by atoms with Gasteiger partial charge < -0.3 is 24.6 Å². The Morgan fingerprint density at radius 3 is 2.04 bits per heavy atom. The van der Waals surface area contributed by atoms with Crippen molar-refractivity contribution in [1.29, 1.82) is 0 Å². The number of hydrogen-bond donors (Lipinski definition) is 1. The molecule has 1 N–H and O–H groups in total. The predicted molar refractivity (Wildman–Crippen MR) is 97.6 cm³/mol. The number of rotatable bonds is 4. The molecule has 3 rings (SSSR count). The molecule has 2 saturated heterocycles. The number of hydrogen-bond acceptors (Lipinski definition) is 5. The van der Waals surface area contributed by atoms with Crippen LogP contribution in [-0.4, -0.2) is 75.1 Å². The number of likely N-dealkylation sites (tertiary alicyclic amines) is 1. The summed E-state index contributed by atoms with van der Waals surface area (Å²) in [5, 5.41) is 3.26. The van der Waals surface area contributed by atoms with Crippen LogP contribution < -0.4 is 14.8 Å². The monoisotopic (exact) mass is 361 g/mol. The molecule has 2 heterocycles. The molecule has 0 aromatic heterocycles. The second kappa shape index (κ2) is 8.40. The SMILES string of the molecule is COc1cc(OC)cc(C(=O)N2CCC(C(=O)N3CCNCC3)CC2)c1. The zero-order chi connectivity index (χ0) is 18.5. The van der Waals surface area contributed by atoms with Crippen LogP contribution in [0.25, 0.3) is 0 Å². The van der Waals surface area contributed by atoms with E-state index in [1.807, 2.05) is 9.80 Å². The fourth-order valence-corrected chi connectivity index (χ4v) is 3.59. The molecule has 0 saturated carbocycles. The van der Waals surface area contributed by atoms with Crippen molar-refractivity contribution in [2.75, 3.05) is 53.5 Å². The number of carbonyl (C=O) groups excluding carboxylic acids is 2. The molecule has 0 radical (unpaired) electrons. The van der Waals surface area contributed by atoms with Gasteiger partial charge in [0, 0.05) is 56.8 Å². The van der Waals surface area contributed by atoms with Crippen molar-refractivity contribution in [3.05, 3.63) is 23.8 Å². The summed E-state index contributed by atoms with van der Waals surface area (Å²) in [6, 6.07) is 5.20. The van der Waals surface area contributed by atoms with Gasteiger partial charge in [-0.15, -0.1) is 0 Å². The molecule has 1 aromatic carbocycles. The van der Waals surface area contributed by atoms with Crippen LogP contribution in [0.4, 0.5) is 0 Å². The molecule has 7 heteroatoms. The maximum absolute atomic E-state index is 12.8. The standard InChI is InChI=1S/C19H27N3O4/c1-25-16-11-15(12-17(13-16)26-2)19(24)21-7-3-14(4-8-21)18(23)22-9-5-20-6-10-22/h11-14,20H,3-10H2,1-2H3. The van der Waals surface area contributed by atoms with E-state index in [9.17, 15) is 9.59 Å². The van der Waals surface area contributed by atoms with E-state index >= 15 is 0 Å². The van der Waals surface area contributed by atoms with Gasteiger partial charge in [-0.1, -0.05) is 0 Å². The minimum atomic E-state index is -0.0460. The Morgan fingerprint density at radius 1 is 0.923 bits per heavy atom. The first-order valence-corrected chi connectivity index (χ1v) is 9.14. The van der Waals surface area contributed by atoms with Gasteiger partial charge in [0.1, 0.15) is 11.5 Å². The Hall–Kier alpha value is -2.28. The third-order valence-electron chi connectivity index (χ3n) is 5.16. The zero-order valence-corrected chi connectivity index (χ0v) is 15.5. The van der Waals surface area contributed by atoms with E-state index in [2.05, 4.69) is 5.32 Å². The minimum absolute atomic E-state index is 0.0250. The number of piperidine rings is 1. The third-order valence-corrected chi connectivity index (χ3v) is 5.16. The smallest absolute Gasteiger partial charge is 0.254 e. The number of carbonyl (C=O) groups is 2. The van der Waals surface area contributed by atoms with Gasteiger partial charge in [-0.05, 0) is 25.0 Å². The highest BCUT2D eigenvalue weighted by Gasteiger charge is 2.31. The van der Waals surface area contributed by atoms with Gasteiger partial charge in [0.15, 0.2) is 0 Å². The molecule has 0 atom stereocenters. The van der Waals surface area contributed by atoms with Crippen LogP contribution in [-0.2, 0) is 4.79 Å². The van der Waals surface area contributed by atoms with Gasteiger partial charge in [0.2, 0.25) is 5.91 Å². The molecule has 2 fully saturated rings. The van der Waals surface area contributed by atoms with Crippen molar-refractivity contribution in [2.45, 2.75) is 12.8 Å². The van der Waals surface area contributed by atoms with E-state index in [1.165, 1.54) is 0 Å². The van der Waals surface area contributed by atoms with Crippen molar-refractivity contribution in [1.82, 2.24) is 15.1 Å². The lowest BCUT2D eigenvalue weighted by molar-refractivity contribution is -0.137. The quantitative estimate of drug-likeness (QED) is 0.866. The summed E-state index contributed by atoms with van der Waals surface area (Å²) in [5.41, 5.74) is 0.549. The molecule has 2 aliphatic heterocycles. The van der Waals surface area contributed by atoms with Gasteiger partial charge in [0.25, 0.3) is 5.91 Å². The van der Waals surface area contributed by atoms with Gasteiger partial charge in [-0.3, -0.25) is 9.59 Å². The normalized spacial score (nSPS) is 18.5. The molecule has 26 heavy (non-hydrogen) atoms. The van der Waals surface area contributed by atoms with Gasteiger partial charge in [-0.25, -0.2) is 0 Å². The van der Waals surface area contributed by atoms with E-state index < -0.39 is 0 Å². The lowest BCUT2D eigenvalue weighted by Gasteiger charge is -2.35. The minimum Gasteiger partial charge on any atom is -0.497 e. The van der Waals surface area contributed by atoms with Crippen LogP contribution in [0, 0.1) is 5.92 Å². The van der Waals surface area contributed by atoms with E-state index in [-0.39, 0.29) is 17.7 Å². The van der Waals surface area contributed by atoms with Crippen LogP contribution in [0.2, 0.25) is 0 Å². The van der Waals surface area contributed by atoms with E-state index in [4.69, 9.17) is 9.47 Å². The largest absolute Gasteiger partial charge is 0.497 e. The van der Waals surface area contributed by atoms with Crippen molar-refractivity contribution in [3.8, 4) is 11.5 Å². The number of nitrogens with zero attached hydrogens (tertiary/aromatic N) is 2. The zero-order valence-electron chi connectivity index (χ0n) is 15.5. The summed E-state index contributed by atoms with van der Waals surface area (Å²) in [4.78, 5) is 29.2. The number of benzene rings is 1. The number of amides is 2. The van der Waals surface area contributed by atoms with Crippen LogP contribution in [0.1, 0.15) is 23.2 Å². The van der Waals surface area contributed by atoms with Crippen molar-refractivity contribution >= 4 is 11.8 Å². The first kappa shape index (κ1) is 18.5. The Labute approximate surface area is 154 Å². The maximum atomic E-state index is 12.8. The third kappa shape index (κ3) is 4.09. The van der Waals surface area contributed by atoms with Crippen LogP contribution in [0.15, 0.2) is 18.2 Å².